The third kappa shape index (κ3) is 8.05. The largest absolute Gasteiger partial charge is 0.477 e. The molecular weight excluding hydrogens is 673 g/mol. The van der Waals surface area contributed by atoms with E-state index in [1.165, 1.54) is 51.5 Å². The van der Waals surface area contributed by atoms with Crippen LogP contribution in [0, 0.1) is 6.92 Å². The molecule has 1 fully saturated rings. The number of ether oxygens (including phenoxy) is 1. The molecule has 2 aliphatic rings. The molecule has 3 amide bonds. The highest BCUT2D eigenvalue weighted by atomic mass is 32.2. The Kier molecular flexibility index (Phi) is 11.5. The van der Waals surface area contributed by atoms with Gasteiger partial charge < -0.3 is 26.2 Å². The first-order chi connectivity index (χ1) is 21.7. The van der Waals surface area contributed by atoms with Gasteiger partial charge in [-0.15, -0.1) is 22.0 Å². The Labute approximate surface area is 283 Å². The Bertz CT molecular complexity index is 1530. The molecule has 0 spiro atoms. The second kappa shape index (κ2) is 14.8. The number of nitrogens with zero attached hydrogens (tertiary/aromatic N) is 3. The van der Waals surface area contributed by atoms with Crippen molar-refractivity contribution in [2.24, 2.45) is 5.73 Å². The molecule has 2 unspecified atom stereocenters. The van der Waals surface area contributed by atoms with Gasteiger partial charge in [-0.05, 0) is 57.3 Å². The van der Waals surface area contributed by atoms with Crippen LogP contribution in [0.4, 0.5) is 0 Å². The summed E-state index contributed by atoms with van der Waals surface area (Å²) < 4.78 is 6.16. The first-order valence-corrected chi connectivity index (χ1v) is 18.4. The molecule has 248 valence electrons. The lowest BCUT2D eigenvalue weighted by Crippen LogP contribution is -2.71. The molecule has 0 radical (unpaired) electrons. The van der Waals surface area contributed by atoms with Crippen molar-refractivity contribution in [3.05, 3.63) is 52.2 Å². The first kappa shape index (κ1) is 35.7. The van der Waals surface area contributed by atoms with Crippen LogP contribution in [-0.4, -0.2) is 95.9 Å². The number of fused-ring (bicyclic) bond motifs is 1. The van der Waals surface area contributed by atoms with Gasteiger partial charge in [0.1, 0.15) is 33.8 Å². The second-order valence-corrected chi connectivity index (χ2v) is 16.1. The van der Waals surface area contributed by atoms with Crippen molar-refractivity contribution in [3.8, 4) is 0 Å². The van der Waals surface area contributed by atoms with E-state index in [9.17, 15) is 29.1 Å². The van der Waals surface area contributed by atoms with E-state index in [1.807, 2.05) is 13.2 Å². The molecule has 1 aromatic heterocycles. The van der Waals surface area contributed by atoms with E-state index in [0.29, 0.717) is 32.7 Å². The summed E-state index contributed by atoms with van der Waals surface area (Å²) in [5, 5.41) is 23.5. The molecule has 0 aliphatic carbocycles. The van der Waals surface area contributed by atoms with Crippen LogP contribution in [0.15, 0.2) is 45.9 Å². The molecule has 3 heterocycles. The number of β-lactam (4-membered cyclic amide) rings is 1. The van der Waals surface area contributed by atoms with Gasteiger partial charge in [-0.25, -0.2) is 9.59 Å². The van der Waals surface area contributed by atoms with Gasteiger partial charge in [-0.1, -0.05) is 53.4 Å². The van der Waals surface area contributed by atoms with Gasteiger partial charge in [0.25, 0.3) is 11.8 Å². The summed E-state index contributed by atoms with van der Waals surface area (Å²) in [5.74, 6) is -3.37. The molecule has 2 aromatic rings. The minimum Gasteiger partial charge on any atom is -0.477 e. The number of carboxylic acids is 1. The van der Waals surface area contributed by atoms with E-state index in [2.05, 4.69) is 20.8 Å². The fraction of sp³-hybridized carbons (Fsp3) is 0.483. The highest BCUT2D eigenvalue weighted by Gasteiger charge is 2.55. The zero-order valence-corrected chi connectivity index (χ0v) is 29.2. The quantitative estimate of drug-likeness (QED) is 0.103. The second-order valence-electron chi connectivity index (χ2n) is 11.6. The van der Waals surface area contributed by atoms with Crippen LogP contribution in [-0.2, 0) is 28.7 Å². The highest BCUT2D eigenvalue weighted by molar-refractivity contribution is 8.01. The predicted molar refractivity (Wildman–Crippen MR) is 178 cm³/mol. The number of amides is 3. The molecular formula is C29H36N6O7S4. The third-order valence-electron chi connectivity index (χ3n) is 6.96. The Morgan fingerprint density at radius 1 is 1.20 bits per heavy atom. The Morgan fingerprint density at radius 3 is 2.48 bits per heavy atom. The van der Waals surface area contributed by atoms with Crippen molar-refractivity contribution in [2.75, 3.05) is 23.5 Å². The van der Waals surface area contributed by atoms with Crippen molar-refractivity contribution < 1.29 is 33.8 Å². The fourth-order valence-electron chi connectivity index (χ4n) is 4.66. The summed E-state index contributed by atoms with van der Waals surface area (Å²) in [5.41, 5.74) is 4.25. The number of nitrogens with one attached hydrogen (secondary N) is 2. The standard InChI is InChI=1S/C29H36N6O7S4/c1-15-33-34-27(46-15)45-14-17-13-44-23-19(22(37)35(23)20(17)24(38)39)31-21(36)18(16-9-7-6-8-10-16)32-25(40)29(30,11-12-43-5)26(41)42-28(2,3)4/h6-10,18-19,23H,11-14,30H2,1-5H3,(H,31,36)(H,32,40)(H,38,39)/t18?,19?,23-,29-/m0/s1. The lowest BCUT2D eigenvalue weighted by Gasteiger charge is -2.49. The lowest BCUT2D eigenvalue weighted by molar-refractivity contribution is -0.165. The molecule has 4 rings (SSSR count). The zero-order valence-electron chi connectivity index (χ0n) is 25.9. The van der Waals surface area contributed by atoms with Gasteiger partial charge in [-0.3, -0.25) is 19.3 Å². The topological polar surface area (TPSA) is 194 Å². The molecule has 1 aromatic carbocycles. The molecule has 0 bridgehead atoms. The molecule has 4 atom stereocenters. The molecule has 17 heteroatoms. The van der Waals surface area contributed by atoms with Crippen LogP contribution < -0.4 is 16.4 Å². The Hall–Kier alpha value is -3.12. The summed E-state index contributed by atoms with van der Waals surface area (Å²) in [6.07, 6.45) is 1.76. The number of carbonyl (C=O) groups is 5. The SMILES string of the molecule is CSCC[C@](N)(C(=O)NC(C(=O)NC1C(=O)N2C(C(=O)O)=C(CSc3nnc(C)s3)CS[C@@H]12)c1ccccc1)C(=O)OC(C)(C)C. The van der Waals surface area contributed by atoms with Gasteiger partial charge in [-0.2, -0.15) is 11.8 Å². The van der Waals surface area contributed by atoms with Crippen LogP contribution in [0.3, 0.4) is 0 Å². The van der Waals surface area contributed by atoms with Crippen LogP contribution >= 0.6 is 46.6 Å². The fourth-order valence-corrected chi connectivity index (χ4v) is 8.49. The van der Waals surface area contributed by atoms with E-state index in [-0.39, 0.29) is 12.1 Å². The van der Waals surface area contributed by atoms with Gasteiger partial charge in [0, 0.05) is 11.5 Å². The number of carbonyl (C=O) groups excluding carboxylic acids is 4. The average Bonchev–Trinajstić information content (AvgIpc) is 3.43. The Balaban J connectivity index is 1.53. The number of carboxylic acid groups (broad SMARTS) is 1. The van der Waals surface area contributed by atoms with Crippen molar-refractivity contribution in [2.45, 2.75) is 67.1 Å². The van der Waals surface area contributed by atoms with Crippen molar-refractivity contribution in [1.29, 1.82) is 0 Å². The maximum atomic E-state index is 13.8. The van der Waals surface area contributed by atoms with Crippen molar-refractivity contribution >= 4 is 76.3 Å². The summed E-state index contributed by atoms with van der Waals surface area (Å²) in [7, 11) is 0. The molecule has 2 aliphatic heterocycles. The average molecular weight is 709 g/mol. The van der Waals surface area contributed by atoms with Crippen molar-refractivity contribution in [1.82, 2.24) is 25.7 Å². The number of esters is 1. The maximum Gasteiger partial charge on any atom is 0.352 e. The van der Waals surface area contributed by atoms with Gasteiger partial charge >= 0.3 is 11.9 Å². The number of hydrogen-bond donors (Lipinski definition) is 4. The van der Waals surface area contributed by atoms with Gasteiger partial charge in [0.2, 0.25) is 5.91 Å². The number of hydrogen-bond acceptors (Lipinski definition) is 13. The van der Waals surface area contributed by atoms with E-state index in [4.69, 9.17) is 10.5 Å². The molecule has 0 saturated carbocycles. The number of aryl methyl sites for hydroxylation is 1. The van der Waals surface area contributed by atoms with E-state index in [0.717, 1.165) is 5.01 Å². The number of benzene rings is 1. The van der Waals surface area contributed by atoms with Crippen LogP contribution in [0.25, 0.3) is 0 Å². The zero-order chi connectivity index (χ0) is 33.8. The molecule has 1 saturated heterocycles. The summed E-state index contributed by atoms with van der Waals surface area (Å²) in [4.78, 5) is 67.4. The normalized spacial score (nSPS) is 19.8. The molecule has 13 nitrogen and oxygen atoms in total. The molecule has 5 N–H and O–H groups in total. The maximum absolute atomic E-state index is 13.8. The third-order valence-corrected chi connectivity index (χ3v) is 11.0. The van der Waals surface area contributed by atoms with Gasteiger partial charge in [0.15, 0.2) is 9.88 Å². The monoisotopic (exact) mass is 708 g/mol. The van der Waals surface area contributed by atoms with E-state index in [1.54, 1.807) is 51.1 Å². The molecule has 46 heavy (non-hydrogen) atoms. The number of rotatable bonds is 13. The highest BCUT2D eigenvalue weighted by Crippen LogP contribution is 2.42. The minimum atomic E-state index is -2.09. The van der Waals surface area contributed by atoms with E-state index >= 15 is 0 Å². The summed E-state index contributed by atoms with van der Waals surface area (Å²) in [6, 6.07) is 5.98. The summed E-state index contributed by atoms with van der Waals surface area (Å²) >= 11 is 5.47. The number of thioether (sulfide) groups is 3. The summed E-state index contributed by atoms with van der Waals surface area (Å²) in [6.45, 7) is 6.80. The Morgan fingerprint density at radius 2 is 1.89 bits per heavy atom. The van der Waals surface area contributed by atoms with E-state index < -0.39 is 58.3 Å². The van der Waals surface area contributed by atoms with Crippen LogP contribution in [0.2, 0.25) is 0 Å². The minimum absolute atomic E-state index is 0.0452. The predicted octanol–water partition coefficient (Wildman–Crippen LogP) is 2.33. The van der Waals surface area contributed by atoms with Gasteiger partial charge in [0.05, 0.1) is 0 Å². The van der Waals surface area contributed by atoms with Crippen LogP contribution in [0.1, 0.15) is 43.8 Å². The first-order valence-electron chi connectivity index (χ1n) is 14.2. The van der Waals surface area contributed by atoms with Crippen molar-refractivity contribution in [3.63, 3.8) is 0 Å². The lowest BCUT2D eigenvalue weighted by atomic mass is 9.94. The number of nitrogens with two attached hydrogens (primary N) is 1. The number of aliphatic carboxylic acids is 1. The van der Waals surface area contributed by atoms with Crippen LogP contribution in [0.5, 0.6) is 0 Å². The number of aromatic nitrogens is 2. The smallest absolute Gasteiger partial charge is 0.352 e.